The Morgan fingerprint density at radius 2 is 1.57 bits per heavy atom. The van der Waals surface area contributed by atoms with Gasteiger partial charge in [-0.15, -0.1) is 11.3 Å². The zero-order valence-corrected chi connectivity index (χ0v) is 34.3. The van der Waals surface area contributed by atoms with Gasteiger partial charge < -0.3 is 55.3 Å². The molecule has 3 aliphatic rings. The summed E-state index contributed by atoms with van der Waals surface area (Å²) in [4.78, 5) is 52.8. The molecular weight excluding hydrogens is 841 g/mol. The maximum atomic E-state index is 13.4. The van der Waals surface area contributed by atoms with E-state index in [9.17, 15) is 37.8 Å². The fourth-order valence-electron chi connectivity index (χ4n) is 7.41. The number of carbonyl (C=O) groups is 4. The largest absolute Gasteiger partial charge is 0.508 e. The number of aromatic hydroxyl groups is 2. The lowest BCUT2D eigenvalue weighted by Gasteiger charge is -2.36. The van der Waals surface area contributed by atoms with E-state index >= 15 is 0 Å². The lowest BCUT2D eigenvalue weighted by atomic mass is 9.77. The second kappa shape index (κ2) is 17.4. The smallest absolute Gasteiger partial charge is 0.340 e. The van der Waals surface area contributed by atoms with E-state index in [0.29, 0.717) is 34.5 Å². The van der Waals surface area contributed by atoms with Crippen molar-refractivity contribution in [1.29, 1.82) is 0 Å². The van der Waals surface area contributed by atoms with Crippen LogP contribution < -0.4 is 31.1 Å². The number of nitrogens with one attached hydrogen (secondary N) is 4. The summed E-state index contributed by atoms with van der Waals surface area (Å²) in [5.74, 6) is -1.59. The number of fused-ring (bicyclic) bond motifs is 6. The molecule has 4 heterocycles. The van der Waals surface area contributed by atoms with Gasteiger partial charge in [-0.25, -0.2) is 18.4 Å². The van der Waals surface area contributed by atoms with Gasteiger partial charge in [-0.3, -0.25) is 14.4 Å². The van der Waals surface area contributed by atoms with Crippen LogP contribution in [0.3, 0.4) is 0 Å². The Labute approximate surface area is 353 Å². The number of anilines is 1. The molecule has 0 radical (unpaired) electrons. The number of sulfonamides is 1. The van der Waals surface area contributed by atoms with Crippen LogP contribution in [0.25, 0.3) is 0 Å². The molecule has 0 bridgehead atoms. The molecular formula is C39H40N6O12S3. The van der Waals surface area contributed by atoms with Crippen molar-refractivity contribution in [3.63, 3.8) is 0 Å². The number of hydrogen-bond acceptors (Lipinski definition) is 14. The van der Waals surface area contributed by atoms with Gasteiger partial charge in [-0.2, -0.15) is 0 Å². The molecule has 0 saturated carbocycles. The van der Waals surface area contributed by atoms with Crippen molar-refractivity contribution in [3.05, 3.63) is 93.9 Å². The standard InChI is InChI=1S/C39H40N6O12S3/c1-21(46)43-23-17-31(45(20-23)35(50)26-8-15-59-37(26)60(40,52)53)34(49)41-9-11-54-13-14-55-12-10-42-38(58)44-22-2-5-28-27(16-22)36(51)57-39(28)29-6-3-24(47)18-32(29)56-33-19-25(48)4-7-30(33)39/h2-8,15-16,18-19,23,31,47-48H,9-14,17,20H2,1H3,(H,41,49)(H,43,46)(H2,40,52,53)(H2,42,44,58)/t23-,31+/m1/s1. The van der Waals surface area contributed by atoms with Crippen LogP contribution in [0.5, 0.6) is 23.0 Å². The van der Waals surface area contributed by atoms with Gasteiger partial charge >= 0.3 is 5.97 Å². The third-order valence-electron chi connectivity index (χ3n) is 9.87. The van der Waals surface area contributed by atoms with Gasteiger partial charge in [0.1, 0.15) is 33.2 Å². The number of hydrogen-bond donors (Lipinski definition) is 7. The Kier molecular flexibility index (Phi) is 12.3. The lowest BCUT2D eigenvalue weighted by molar-refractivity contribution is -0.125. The number of phenolic OH excluding ortho intramolecular Hbond substituents is 2. The minimum atomic E-state index is -4.17. The topological polar surface area (TPSA) is 257 Å². The third-order valence-corrected chi connectivity index (χ3v) is 12.5. The fraction of sp³-hybridized carbons (Fsp3) is 0.308. The highest BCUT2D eigenvalue weighted by Gasteiger charge is 2.54. The first-order chi connectivity index (χ1) is 28.6. The first-order valence-corrected chi connectivity index (χ1v) is 21.4. The van der Waals surface area contributed by atoms with Crippen molar-refractivity contribution < 1.29 is 56.8 Å². The second-order valence-electron chi connectivity index (χ2n) is 14.0. The number of benzene rings is 3. The van der Waals surface area contributed by atoms with E-state index < -0.39 is 45.5 Å². The summed E-state index contributed by atoms with van der Waals surface area (Å²) in [6.45, 7) is 2.71. The number of carbonyl (C=O) groups excluding carboxylic acids is 4. The molecule has 7 rings (SSSR count). The average molecular weight is 881 g/mol. The van der Waals surface area contributed by atoms with Crippen molar-refractivity contribution in [1.82, 2.24) is 20.9 Å². The number of amides is 3. The fourth-order valence-corrected chi connectivity index (χ4v) is 9.41. The normalized spacial score (nSPS) is 17.2. The highest BCUT2D eigenvalue weighted by Crippen LogP contribution is 2.57. The number of phenols is 2. The maximum Gasteiger partial charge on any atom is 0.340 e. The predicted molar refractivity (Wildman–Crippen MR) is 220 cm³/mol. The predicted octanol–water partition coefficient (Wildman–Crippen LogP) is 2.23. The Balaban J connectivity index is 0.839. The number of thiocarbonyl (C=S) groups is 1. The van der Waals surface area contributed by atoms with Gasteiger partial charge in [0.05, 0.1) is 37.6 Å². The summed E-state index contributed by atoms with van der Waals surface area (Å²) < 4.78 is 47.0. The molecule has 1 aromatic heterocycles. The molecule has 3 aliphatic heterocycles. The van der Waals surface area contributed by atoms with Gasteiger partial charge in [0.2, 0.25) is 21.8 Å². The summed E-state index contributed by atoms with van der Waals surface area (Å²) in [5, 5.41) is 38.8. The number of primary sulfonamides is 1. The summed E-state index contributed by atoms with van der Waals surface area (Å²) in [5.41, 5.74) is 0.901. The molecule has 4 aromatic rings. The lowest BCUT2D eigenvalue weighted by Crippen LogP contribution is -2.47. The van der Waals surface area contributed by atoms with Gasteiger partial charge in [0.25, 0.3) is 5.91 Å². The van der Waals surface area contributed by atoms with Crippen LogP contribution in [0.2, 0.25) is 0 Å². The van der Waals surface area contributed by atoms with Crippen LogP contribution in [0.15, 0.2) is 70.3 Å². The first kappa shape index (κ1) is 42.3. The SMILES string of the molecule is CC(=O)N[C@@H]1C[C@@H](C(=O)NCCOCCOCCNC(=S)Nc2ccc3c(c2)C(=O)OC32c3ccc(O)cc3Oc3cc(O)ccc32)N(C(=O)c2ccsc2S(N)(=O)=O)C1. The molecule has 0 unspecified atom stereocenters. The number of likely N-dealkylation sites (tertiary alicyclic amines) is 1. The Hall–Kier alpha value is -5.84. The highest BCUT2D eigenvalue weighted by molar-refractivity contribution is 7.91. The van der Waals surface area contributed by atoms with Gasteiger partial charge in [0, 0.05) is 67.1 Å². The quantitative estimate of drug-likeness (QED) is 0.0545. The molecule has 8 N–H and O–H groups in total. The van der Waals surface area contributed by atoms with Crippen molar-refractivity contribution >= 4 is 68.1 Å². The number of esters is 1. The second-order valence-corrected chi connectivity index (χ2v) is 17.0. The number of ether oxygens (including phenoxy) is 4. The van der Waals surface area contributed by atoms with E-state index in [1.54, 1.807) is 30.3 Å². The average Bonchev–Trinajstić information content (AvgIpc) is 3.92. The summed E-state index contributed by atoms with van der Waals surface area (Å²) in [6.07, 6.45) is 0.137. The van der Waals surface area contributed by atoms with E-state index in [1.807, 2.05) is 0 Å². The van der Waals surface area contributed by atoms with Gasteiger partial charge in [-0.05, 0) is 66.5 Å². The zero-order chi connectivity index (χ0) is 42.8. The molecule has 1 fully saturated rings. The molecule has 18 nitrogen and oxygen atoms in total. The minimum absolute atomic E-state index is 0.00866. The molecule has 1 saturated heterocycles. The molecule has 3 aromatic carbocycles. The van der Waals surface area contributed by atoms with E-state index in [0.717, 1.165) is 11.3 Å². The summed E-state index contributed by atoms with van der Waals surface area (Å²) in [7, 11) is -4.17. The minimum Gasteiger partial charge on any atom is -0.508 e. The number of thiophene rings is 1. The highest BCUT2D eigenvalue weighted by atomic mass is 32.2. The Morgan fingerprint density at radius 1 is 0.933 bits per heavy atom. The first-order valence-electron chi connectivity index (χ1n) is 18.5. The monoisotopic (exact) mass is 880 g/mol. The van der Waals surface area contributed by atoms with Crippen molar-refractivity contribution in [3.8, 4) is 23.0 Å². The van der Waals surface area contributed by atoms with Crippen molar-refractivity contribution in [2.24, 2.45) is 5.14 Å². The van der Waals surface area contributed by atoms with Crippen LogP contribution in [0, 0.1) is 0 Å². The van der Waals surface area contributed by atoms with Crippen molar-refractivity contribution in [2.75, 3.05) is 51.4 Å². The molecule has 1 spiro atoms. The summed E-state index contributed by atoms with van der Waals surface area (Å²) in [6, 6.07) is 14.1. The van der Waals surface area contributed by atoms with Crippen LogP contribution in [-0.2, 0) is 39.4 Å². The van der Waals surface area contributed by atoms with E-state index in [4.69, 9.17) is 36.3 Å². The van der Waals surface area contributed by atoms with E-state index in [1.165, 1.54) is 47.5 Å². The molecule has 3 amide bonds. The van der Waals surface area contributed by atoms with Crippen LogP contribution in [0.1, 0.15) is 50.8 Å². The molecule has 21 heteroatoms. The third kappa shape index (κ3) is 8.72. The number of nitrogens with zero attached hydrogens (tertiary/aromatic N) is 1. The van der Waals surface area contributed by atoms with Crippen LogP contribution >= 0.6 is 23.6 Å². The summed E-state index contributed by atoms with van der Waals surface area (Å²) >= 11 is 6.25. The van der Waals surface area contributed by atoms with Gasteiger partial charge in [0.15, 0.2) is 10.7 Å². The molecule has 60 heavy (non-hydrogen) atoms. The number of nitrogens with two attached hydrogens (primary N) is 1. The molecule has 316 valence electrons. The van der Waals surface area contributed by atoms with Crippen LogP contribution in [-0.4, -0.2) is 110 Å². The zero-order valence-electron chi connectivity index (χ0n) is 31.9. The Morgan fingerprint density at radius 3 is 2.20 bits per heavy atom. The van der Waals surface area contributed by atoms with E-state index in [-0.39, 0.29) is 89.7 Å². The van der Waals surface area contributed by atoms with E-state index in [2.05, 4.69) is 21.3 Å². The maximum absolute atomic E-state index is 13.4. The number of rotatable bonds is 14. The molecule has 0 aliphatic carbocycles. The van der Waals surface area contributed by atoms with Crippen molar-refractivity contribution in [2.45, 2.75) is 35.2 Å². The van der Waals surface area contributed by atoms with Gasteiger partial charge in [-0.1, -0.05) is 6.07 Å². The molecule has 2 atom stereocenters. The Bertz CT molecular complexity index is 2430. The van der Waals surface area contributed by atoms with Crippen LogP contribution in [0.4, 0.5) is 5.69 Å².